The van der Waals surface area contributed by atoms with Crippen LogP contribution in [0.3, 0.4) is 0 Å². The van der Waals surface area contributed by atoms with Gasteiger partial charge in [-0.2, -0.15) is 0 Å². The smallest absolute Gasteiger partial charge is 0.241 e. The van der Waals surface area contributed by atoms with Gasteiger partial charge in [-0.25, -0.2) is 8.42 Å². The number of rotatable bonds is 7. The minimum Gasteiger partial charge on any atom is -0.454 e. The molecule has 1 N–H and O–H groups in total. The maximum absolute atomic E-state index is 12.6. The van der Waals surface area contributed by atoms with E-state index in [2.05, 4.69) is 5.32 Å². The molecule has 0 saturated heterocycles. The lowest BCUT2D eigenvalue weighted by Crippen LogP contribution is -2.42. The Morgan fingerprint density at radius 2 is 1.85 bits per heavy atom. The summed E-state index contributed by atoms with van der Waals surface area (Å²) in [4.78, 5) is 12.5. The molecule has 1 atom stereocenters. The molecule has 0 aliphatic carbocycles. The Kier molecular flexibility index (Phi) is 5.55. The van der Waals surface area contributed by atoms with E-state index in [4.69, 9.17) is 9.47 Å². The molecule has 1 aliphatic rings. The van der Waals surface area contributed by atoms with Crippen LogP contribution < -0.4 is 19.1 Å². The number of benzene rings is 2. The summed E-state index contributed by atoms with van der Waals surface area (Å²) in [6.07, 6.45) is 0. The maximum atomic E-state index is 12.6. The number of nitrogens with zero attached hydrogens (tertiary/aromatic N) is 1. The lowest BCUT2D eigenvalue weighted by molar-refractivity contribution is -0.120. The van der Waals surface area contributed by atoms with E-state index in [1.54, 1.807) is 25.1 Å². The summed E-state index contributed by atoms with van der Waals surface area (Å²) in [6.45, 7) is 3.17. The molecule has 0 saturated carbocycles. The van der Waals surface area contributed by atoms with E-state index in [0.717, 1.165) is 9.87 Å². The van der Waals surface area contributed by atoms with Gasteiger partial charge in [-0.3, -0.25) is 9.10 Å². The molecule has 144 valence electrons. The standard InChI is InChI=1S/C19H22N2O5S/c1-3-27(23,24)21(16-9-10-17-18(11-16)26-13-25-17)12-19(22)20-14(2)15-7-5-4-6-8-15/h4-11,14H,3,12-13H2,1-2H3,(H,20,22)/t14-/m1/s1. The van der Waals surface area contributed by atoms with Gasteiger partial charge >= 0.3 is 0 Å². The Morgan fingerprint density at radius 1 is 1.15 bits per heavy atom. The van der Waals surface area contributed by atoms with Crippen molar-refractivity contribution in [2.75, 3.05) is 23.4 Å². The largest absolute Gasteiger partial charge is 0.454 e. The van der Waals surface area contributed by atoms with Crippen molar-refractivity contribution in [3.8, 4) is 11.5 Å². The Morgan fingerprint density at radius 3 is 2.56 bits per heavy atom. The van der Waals surface area contributed by atoms with Crippen molar-refractivity contribution in [3.63, 3.8) is 0 Å². The number of amides is 1. The lowest BCUT2D eigenvalue weighted by Gasteiger charge is -2.24. The predicted octanol–water partition coefficient (Wildman–Crippen LogP) is 2.45. The van der Waals surface area contributed by atoms with Crippen LogP contribution in [0.2, 0.25) is 0 Å². The Balaban J connectivity index is 1.79. The minimum absolute atomic E-state index is 0.0917. The topological polar surface area (TPSA) is 84.9 Å². The van der Waals surface area contributed by atoms with Crippen LogP contribution in [-0.2, 0) is 14.8 Å². The second-order valence-corrected chi connectivity index (χ2v) is 8.33. The molecule has 1 aliphatic heterocycles. The number of ether oxygens (including phenoxy) is 2. The molecule has 1 heterocycles. The monoisotopic (exact) mass is 390 g/mol. The second kappa shape index (κ2) is 7.87. The molecule has 0 fully saturated rings. The fourth-order valence-corrected chi connectivity index (χ4v) is 3.85. The molecular formula is C19H22N2O5S. The first-order chi connectivity index (χ1) is 12.9. The van der Waals surface area contributed by atoms with Gasteiger partial charge in [-0.1, -0.05) is 30.3 Å². The van der Waals surface area contributed by atoms with E-state index < -0.39 is 10.0 Å². The molecule has 0 unspecified atom stereocenters. The average Bonchev–Trinajstić information content (AvgIpc) is 3.14. The zero-order chi connectivity index (χ0) is 19.4. The summed E-state index contributed by atoms with van der Waals surface area (Å²) in [5.41, 5.74) is 1.31. The van der Waals surface area contributed by atoms with Crippen molar-refractivity contribution >= 4 is 21.6 Å². The molecule has 27 heavy (non-hydrogen) atoms. The molecule has 7 nitrogen and oxygen atoms in total. The van der Waals surface area contributed by atoms with E-state index >= 15 is 0 Å². The zero-order valence-corrected chi connectivity index (χ0v) is 16.0. The van der Waals surface area contributed by atoms with E-state index in [0.29, 0.717) is 17.2 Å². The number of nitrogens with one attached hydrogen (secondary N) is 1. The highest BCUT2D eigenvalue weighted by Crippen LogP contribution is 2.36. The molecule has 3 rings (SSSR count). The van der Waals surface area contributed by atoms with Crippen molar-refractivity contribution in [2.24, 2.45) is 0 Å². The van der Waals surface area contributed by atoms with Crippen LogP contribution in [0.1, 0.15) is 25.5 Å². The number of carbonyl (C=O) groups is 1. The summed E-state index contributed by atoms with van der Waals surface area (Å²) < 4.78 is 36.8. The third-order valence-corrected chi connectivity index (χ3v) is 6.05. The molecular weight excluding hydrogens is 368 g/mol. The lowest BCUT2D eigenvalue weighted by atomic mass is 10.1. The average molecular weight is 390 g/mol. The molecule has 1 amide bonds. The van der Waals surface area contributed by atoms with Crippen LogP contribution in [0.15, 0.2) is 48.5 Å². The van der Waals surface area contributed by atoms with Gasteiger partial charge in [0.2, 0.25) is 22.7 Å². The van der Waals surface area contributed by atoms with Crippen LogP contribution in [0.25, 0.3) is 0 Å². The number of hydrogen-bond acceptors (Lipinski definition) is 5. The van der Waals surface area contributed by atoms with Crippen LogP contribution in [0.5, 0.6) is 11.5 Å². The van der Waals surface area contributed by atoms with E-state index in [1.165, 1.54) is 0 Å². The summed E-state index contributed by atoms with van der Waals surface area (Å²) >= 11 is 0. The van der Waals surface area contributed by atoms with Crippen LogP contribution in [-0.4, -0.2) is 33.4 Å². The molecule has 2 aromatic rings. The fraction of sp³-hybridized carbons (Fsp3) is 0.316. The molecule has 0 radical (unpaired) electrons. The highest BCUT2D eigenvalue weighted by atomic mass is 32.2. The summed E-state index contributed by atoms with van der Waals surface area (Å²) in [6, 6.07) is 14.1. The number of hydrogen-bond donors (Lipinski definition) is 1. The Hall–Kier alpha value is -2.74. The van der Waals surface area contributed by atoms with Gasteiger partial charge in [-0.15, -0.1) is 0 Å². The van der Waals surface area contributed by atoms with Gasteiger partial charge < -0.3 is 14.8 Å². The highest BCUT2D eigenvalue weighted by molar-refractivity contribution is 7.92. The van der Waals surface area contributed by atoms with Crippen molar-refractivity contribution in [1.29, 1.82) is 0 Å². The van der Waals surface area contributed by atoms with Gasteiger partial charge in [0, 0.05) is 6.07 Å². The van der Waals surface area contributed by atoms with Gasteiger partial charge in [0.25, 0.3) is 0 Å². The minimum atomic E-state index is -3.65. The predicted molar refractivity (Wildman–Crippen MR) is 102 cm³/mol. The number of sulfonamides is 1. The molecule has 2 aromatic carbocycles. The SMILES string of the molecule is CCS(=O)(=O)N(CC(=O)N[C@H](C)c1ccccc1)c1ccc2c(c1)OCO2. The van der Waals surface area contributed by atoms with Gasteiger partial charge in [0.05, 0.1) is 17.5 Å². The van der Waals surface area contributed by atoms with Crippen LogP contribution in [0, 0.1) is 0 Å². The van der Waals surface area contributed by atoms with Crippen LogP contribution >= 0.6 is 0 Å². The molecule has 0 bridgehead atoms. The van der Waals surface area contributed by atoms with E-state index in [-0.39, 0.29) is 31.0 Å². The fourth-order valence-electron chi connectivity index (χ4n) is 2.79. The van der Waals surface area contributed by atoms with E-state index in [9.17, 15) is 13.2 Å². The van der Waals surface area contributed by atoms with Crippen molar-refractivity contribution in [1.82, 2.24) is 5.32 Å². The number of anilines is 1. The molecule has 8 heteroatoms. The summed E-state index contributed by atoms with van der Waals surface area (Å²) in [5.74, 6) is 0.501. The first-order valence-electron chi connectivity index (χ1n) is 8.65. The third kappa shape index (κ3) is 4.33. The summed E-state index contributed by atoms with van der Waals surface area (Å²) in [7, 11) is -3.65. The maximum Gasteiger partial charge on any atom is 0.241 e. The van der Waals surface area contributed by atoms with Gasteiger partial charge in [0.1, 0.15) is 6.54 Å². The summed E-state index contributed by atoms with van der Waals surface area (Å²) in [5, 5.41) is 2.84. The van der Waals surface area contributed by atoms with Crippen LogP contribution in [0.4, 0.5) is 5.69 Å². The quantitative estimate of drug-likeness (QED) is 0.785. The number of fused-ring (bicyclic) bond motifs is 1. The Labute approximate surface area is 158 Å². The van der Waals surface area contributed by atoms with E-state index in [1.807, 2.05) is 37.3 Å². The van der Waals surface area contributed by atoms with Gasteiger partial charge in [-0.05, 0) is 31.5 Å². The van der Waals surface area contributed by atoms with Crippen molar-refractivity contribution in [3.05, 3.63) is 54.1 Å². The number of carbonyl (C=O) groups excluding carboxylic acids is 1. The third-order valence-electron chi connectivity index (χ3n) is 4.31. The zero-order valence-electron chi connectivity index (χ0n) is 15.2. The molecule has 0 aromatic heterocycles. The normalized spacial score (nSPS) is 13.9. The highest BCUT2D eigenvalue weighted by Gasteiger charge is 2.26. The van der Waals surface area contributed by atoms with Gasteiger partial charge in [0.15, 0.2) is 11.5 Å². The van der Waals surface area contributed by atoms with Crippen molar-refractivity contribution in [2.45, 2.75) is 19.9 Å². The first kappa shape index (κ1) is 19.0. The molecule has 0 spiro atoms. The first-order valence-corrected chi connectivity index (χ1v) is 10.3. The van der Waals surface area contributed by atoms with Crippen molar-refractivity contribution < 1.29 is 22.7 Å². The second-order valence-electron chi connectivity index (χ2n) is 6.14. The Bertz CT molecular complexity index is 915.